The van der Waals surface area contributed by atoms with Gasteiger partial charge in [-0.3, -0.25) is 14.5 Å². The van der Waals surface area contributed by atoms with Crippen molar-refractivity contribution in [2.45, 2.75) is 20.3 Å². The van der Waals surface area contributed by atoms with E-state index in [-0.39, 0.29) is 17.9 Å². The average molecular weight is 349 g/mol. The van der Waals surface area contributed by atoms with E-state index in [2.05, 4.69) is 0 Å². The lowest BCUT2D eigenvalue weighted by molar-refractivity contribution is 0.0694. The second-order valence-electron chi connectivity index (χ2n) is 5.96. The fourth-order valence-electron chi connectivity index (χ4n) is 3.17. The molecule has 0 unspecified atom stereocenters. The number of benzene rings is 1. The van der Waals surface area contributed by atoms with Crippen LogP contribution >= 0.6 is 0 Å². The maximum absolute atomic E-state index is 14.9. The summed E-state index contributed by atoms with van der Waals surface area (Å²) < 4.78 is 22.1. The van der Waals surface area contributed by atoms with Crippen molar-refractivity contribution in [2.75, 3.05) is 36.8 Å². The number of rotatable bonds is 5. The lowest BCUT2D eigenvalue weighted by Gasteiger charge is -2.34. The largest absolute Gasteiger partial charge is 0.477 e. The average Bonchev–Trinajstić information content (AvgIpc) is 2.57. The zero-order valence-corrected chi connectivity index (χ0v) is 14.4. The summed E-state index contributed by atoms with van der Waals surface area (Å²) in [7, 11) is 1.70. The van der Waals surface area contributed by atoms with Gasteiger partial charge in [-0.05, 0) is 19.4 Å². The molecular formula is C17H20FN3O4. The number of pyridine rings is 1. The number of ether oxygens (including phenoxy) is 1. The number of carboxylic acids is 1. The maximum atomic E-state index is 14.9. The summed E-state index contributed by atoms with van der Waals surface area (Å²) in [5.74, 6) is -1.66. The first-order chi connectivity index (χ1) is 11.9. The van der Waals surface area contributed by atoms with Crippen LogP contribution in [0, 0.1) is 5.82 Å². The van der Waals surface area contributed by atoms with Crippen LogP contribution in [0.5, 0.6) is 5.75 Å². The molecule has 8 heteroatoms. The minimum absolute atomic E-state index is 0.00440. The standard InChI is InChI=1S/C17H20FN3O4/c1-4-6-20(5-2)14-12(18)7-10-13-16(14)25-9-19(3)21(13)8-11(15(10)22)17(23)24/h7-8H,4-6,9H2,1-3H3,(H,23,24). The molecule has 2 aromatic rings. The van der Waals surface area contributed by atoms with Gasteiger partial charge in [-0.1, -0.05) is 6.92 Å². The van der Waals surface area contributed by atoms with E-state index in [9.17, 15) is 19.1 Å². The summed E-state index contributed by atoms with van der Waals surface area (Å²) in [5.41, 5.74) is -0.431. The first-order valence-electron chi connectivity index (χ1n) is 8.15. The molecule has 0 saturated carbocycles. The van der Waals surface area contributed by atoms with Gasteiger partial charge in [0.15, 0.2) is 18.3 Å². The number of aromatic carboxylic acids is 1. The molecule has 25 heavy (non-hydrogen) atoms. The van der Waals surface area contributed by atoms with Crippen LogP contribution in [-0.2, 0) is 0 Å². The topological polar surface area (TPSA) is 75.0 Å². The van der Waals surface area contributed by atoms with Crippen LogP contribution in [0.25, 0.3) is 10.9 Å². The quantitative estimate of drug-likeness (QED) is 0.890. The van der Waals surface area contributed by atoms with Crippen LogP contribution in [0.2, 0.25) is 0 Å². The predicted octanol–water partition coefficient (Wildman–Crippen LogP) is 1.99. The first kappa shape index (κ1) is 17.1. The van der Waals surface area contributed by atoms with Crippen molar-refractivity contribution in [2.24, 2.45) is 0 Å². The van der Waals surface area contributed by atoms with Crippen molar-refractivity contribution in [1.29, 1.82) is 0 Å². The molecule has 0 saturated heterocycles. The highest BCUT2D eigenvalue weighted by atomic mass is 19.1. The molecule has 1 aliphatic heterocycles. The van der Waals surface area contributed by atoms with Gasteiger partial charge in [-0.25, -0.2) is 9.18 Å². The van der Waals surface area contributed by atoms with Crippen molar-refractivity contribution in [1.82, 2.24) is 4.68 Å². The van der Waals surface area contributed by atoms with Crippen molar-refractivity contribution in [3.8, 4) is 5.75 Å². The molecule has 1 aliphatic rings. The van der Waals surface area contributed by atoms with E-state index < -0.39 is 22.8 Å². The van der Waals surface area contributed by atoms with E-state index in [1.807, 2.05) is 18.7 Å². The number of hydrogen-bond acceptors (Lipinski definition) is 5. The summed E-state index contributed by atoms with van der Waals surface area (Å²) >= 11 is 0. The van der Waals surface area contributed by atoms with Crippen LogP contribution in [0.4, 0.5) is 10.1 Å². The number of carbonyl (C=O) groups is 1. The highest BCUT2D eigenvalue weighted by Gasteiger charge is 2.28. The molecule has 0 radical (unpaired) electrons. The zero-order valence-electron chi connectivity index (χ0n) is 14.4. The van der Waals surface area contributed by atoms with Crippen LogP contribution in [0.1, 0.15) is 30.6 Å². The van der Waals surface area contributed by atoms with Gasteiger partial charge < -0.3 is 14.7 Å². The van der Waals surface area contributed by atoms with E-state index in [0.717, 1.165) is 12.5 Å². The Morgan fingerprint density at radius 3 is 2.76 bits per heavy atom. The molecular weight excluding hydrogens is 329 g/mol. The first-order valence-corrected chi connectivity index (χ1v) is 8.15. The van der Waals surface area contributed by atoms with E-state index in [1.165, 1.54) is 6.20 Å². The summed E-state index contributed by atoms with van der Waals surface area (Å²) in [5, 5.41) is 10.9. The fraction of sp³-hybridized carbons (Fsp3) is 0.412. The Labute approximate surface area is 143 Å². The molecule has 3 rings (SSSR count). The molecule has 1 aromatic heterocycles. The number of hydrogen-bond donors (Lipinski definition) is 1. The lowest BCUT2D eigenvalue weighted by atomic mass is 10.1. The smallest absolute Gasteiger partial charge is 0.341 e. The second kappa shape index (κ2) is 6.27. The normalized spacial score (nSPS) is 13.0. The Morgan fingerprint density at radius 1 is 1.44 bits per heavy atom. The van der Waals surface area contributed by atoms with Gasteiger partial charge in [0.2, 0.25) is 5.43 Å². The molecule has 0 fully saturated rings. The van der Waals surface area contributed by atoms with Gasteiger partial charge in [0.1, 0.15) is 16.8 Å². The number of aromatic nitrogens is 1. The maximum Gasteiger partial charge on any atom is 0.341 e. The molecule has 134 valence electrons. The highest BCUT2D eigenvalue weighted by molar-refractivity contribution is 5.97. The number of carboxylic acid groups (broad SMARTS) is 1. The van der Waals surface area contributed by atoms with Gasteiger partial charge in [0, 0.05) is 26.3 Å². The molecule has 0 atom stereocenters. The summed E-state index contributed by atoms with van der Waals surface area (Å²) in [6, 6.07) is 1.11. The Morgan fingerprint density at radius 2 is 2.16 bits per heavy atom. The number of halogens is 1. The molecule has 0 spiro atoms. The van der Waals surface area contributed by atoms with Gasteiger partial charge >= 0.3 is 5.97 Å². The summed E-state index contributed by atoms with van der Waals surface area (Å²) in [6.07, 6.45) is 2.09. The minimum Gasteiger partial charge on any atom is -0.477 e. The van der Waals surface area contributed by atoms with Crippen molar-refractivity contribution >= 4 is 22.6 Å². The van der Waals surface area contributed by atoms with Crippen LogP contribution in [-0.4, -0.2) is 42.6 Å². The third-order valence-corrected chi connectivity index (χ3v) is 4.34. The third kappa shape index (κ3) is 2.57. The Kier molecular flexibility index (Phi) is 4.28. The zero-order chi connectivity index (χ0) is 18.3. The molecule has 1 N–H and O–H groups in total. The molecule has 1 aromatic carbocycles. The molecule has 0 bridgehead atoms. The molecule has 0 aliphatic carbocycles. The van der Waals surface area contributed by atoms with Gasteiger partial charge in [0.05, 0.1) is 5.39 Å². The van der Waals surface area contributed by atoms with Gasteiger partial charge in [0.25, 0.3) is 0 Å². The summed E-state index contributed by atoms with van der Waals surface area (Å²) in [6.45, 7) is 5.26. The van der Waals surface area contributed by atoms with E-state index >= 15 is 0 Å². The second-order valence-corrected chi connectivity index (χ2v) is 5.96. The monoisotopic (exact) mass is 349 g/mol. The molecule has 2 heterocycles. The SMILES string of the molecule is CCCN(CC)c1c(F)cc2c(=O)c(C(=O)O)cn3c2c1OCN3C. The van der Waals surface area contributed by atoms with Crippen LogP contribution < -0.4 is 20.1 Å². The van der Waals surface area contributed by atoms with Crippen LogP contribution in [0.15, 0.2) is 17.1 Å². The Bertz CT molecular complexity index is 909. The Balaban J connectivity index is 2.42. The van der Waals surface area contributed by atoms with Crippen molar-refractivity contribution < 1.29 is 19.0 Å². The third-order valence-electron chi connectivity index (χ3n) is 4.34. The van der Waals surface area contributed by atoms with Crippen molar-refractivity contribution in [3.05, 3.63) is 33.9 Å². The predicted molar refractivity (Wildman–Crippen MR) is 92.9 cm³/mol. The lowest BCUT2D eigenvalue weighted by Crippen LogP contribution is -2.40. The molecule has 0 amide bonds. The van der Waals surface area contributed by atoms with E-state index in [1.54, 1.807) is 16.7 Å². The Hall–Kier alpha value is -2.77. The summed E-state index contributed by atoms with van der Waals surface area (Å²) in [4.78, 5) is 25.7. The van der Waals surface area contributed by atoms with Crippen LogP contribution in [0.3, 0.4) is 0 Å². The van der Waals surface area contributed by atoms with E-state index in [0.29, 0.717) is 24.3 Å². The highest BCUT2D eigenvalue weighted by Crippen LogP contribution is 2.39. The number of nitrogens with zero attached hydrogens (tertiary/aromatic N) is 3. The minimum atomic E-state index is -1.34. The number of anilines is 1. The van der Waals surface area contributed by atoms with Crippen molar-refractivity contribution in [3.63, 3.8) is 0 Å². The fourth-order valence-corrected chi connectivity index (χ4v) is 3.17. The van der Waals surface area contributed by atoms with Gasteiger partial charge in [-0.2, -0.15) is 0 Å². The van der Waals surface area contributed by atoms with E-state index in [4.69, 9.17) is 4.74 Å². The molecule has 7 nitrogen and oxygen atoms in total. The van der Waals surface area contributed by atoms with Gasteiger partial charge in [-0.15, -0.1) is 0 Å².